The van der Waals surface area contributed by atoms with Crippen LogP contribution in [-0.4, -0.2) is 49.1 Å². The Kier molecular flexibility index (Phi) is 3.97. The molecular weight excluding hydrogens is 186 g/mol. The van der Waals surface area contributed by atoms with Crippen molar-refractivity contribution in [1.82, 2.24) is 4.90 Å². The molecule has 1 saturated heterocycles. The van der Waals surface area contributed by atoms with E-state index in [1.807, 2.05) is 0 Å². The molecule has 0 aliphatic carbocycles. The van der Waals surface area contributed by atoms with Gasteiger partial charge in [0.05, 0.1) is 6.61 Å². The number of hydrogen-bond acceptors (Lipinski definition) is 4. The van der Waals surface area contributed by atoms with Crippen molar-refractivity contribution >= 4 is 22.4 Å². The van der Waals surface area contributed by atoms with E-state index in [2.05, 4.69) is 0 Å². The second kappa shape index (κ2) is 4.54. The summed E-state index contributed by atoms with van der Waals surface area (Å²) in [6.45, 7) is 0.506. The Morgan fingerprint density at radius 2 is 1.82 bits per heavy atom. The predicted octanol–water partition coefficient (Wildman–Crippen LogP) is -1.34. The lowest BCUT2D eigenvalue weighted by Gasteiger charge is -2.28. The van der Waals surface area contributed by atoms with E-state index in [1.165, 1.54) is 0 Å². The second-order valence-corrected chi connectivity index (χ2v) is 5.59. The predicted molar refractivity (Wildman–Crippen MR) is 44.7 cm³/mol. The zero-order valence-corrected chi connectivity index (χ0v) is 7.70. The summed E-state index contributed by atoms with van der Waals surface area (Å²) >= 11 is -1.97. The first-order valence-corrected chi connectivity index (χ1v) is 6.23. The molecule has 0 aromatic rings. The molecule has 0 aromatic carbocycles. The van der Waals surface area contributed by atoms with Gasteiger partial charge < -0.3 is 14.2 Å². The van der Waals surface area contributed by atoms with Crippen LogP contribution in [0.1, 0.15) is 0 Å². The first-order valence-electron chi connectivity index (χ1n) is 3.25. The molecule has 0 amide bonds. The molecule has 0 saturated carbocycles. The number of aliphatic hydroxyl groups excluding tert-OH is 1. The Balaban J connectivity index is 2.30. The number of hydrogen-bond donors (Lipinski definition) is 1. The third-order valence-corrected chi connectivity index (χ3v) is 4.74. The van der Waals surface area contributed by atoms with Crippen molar-refractivity contribution in [3.8, 4) is 0 Å². The zero-order valence-electron chi connectivity index (χ0n) is 6.06. The minimum atomic E-state index is -0.987. The van der Waals surface area contributed by atoms with Gasteiger partial charge >= 0.3 is 0 Å². The molecule has 11 heavy (non-hydrogen) atoms. The van der Waals surface area contributed by atoms with Gasteiger partial charge in [-0.05, 0) is 0 Å². The van der Waals surface area contributed by atoms with E-state index in [9.17, 15) is 9.11 Å². The van der Waals surface area contributed by atoms with E-state index >= 15 is 0 Å². The van der Waals surface area contributed by atoms with Crippen LogP contribution in [0.2, 0.25) is 0 Å². The van der Waals surface area contributed by atoms with Crippen LogP contribution in [0.5, 0.6) is 0 Å². The van der Waals surface area contributed by atoms with Crippen LogP contribution in [0, 0.1) is 0 Å². The van der Waals surface area contributed by atoms with Gasteiger partial charge in [-0.25, -0.2) is 4.90 Å². The number of nitrogens with zero attached hydrogens (tertiary/aromatic N) is 1. The maximum atomic E-state index is 11.0. The van der Waals surface area contributed by atoms with Gasteiger partial charge in [0.1, 0.15) is 0 Å². The Labute approximate surface area is 71.9 Å². The Bertz CT molecular complexity index is 116. The lowest BCUT2D eigenvalue weighted by atomic mass is 10.6. The maximum absolute atomic E-state index is 11.0. The fourth-order valence-corrected chi connectivity index (χ4v) is 4.08. The van der Waals surface area contributed by atoms with Crippen LogP contribution in [0.15, 0.2) is 0 Å². The molecule has 66 valence electrons. The normalized spacial score (nSPS) is 34.1. The molecule has 0 radical (unpaired) electrons. The minimum Gasteiger partial charge on any atom is -0.612 e. The van der Waals surface area contributed by atoms with E-state index in [0.29, 0.717) is 23.4 Å². The second-order valence-electron chi connectivity index (χ2n) is 2.37. The molecule has 1 aliphatic rings. The van der Waals surface area contributed by atoms with Gasteiger partial charge in [0.25, 0.3) is 5.08 Å². The van der Waals surface area contributed by atoms with Gasteiger partial charge in [-0.15, -0.1) is 0 Å². The Morgan fingerprint density at radius 3 is 2.27 bits per heavy atom. The van der Waals surface area contributed by atoms with Gasteiger partial charge in [-0.2, -0.15) is 0 Å². The summed E-state index contributed by atoms with van der Waals surface area (Å²) in [4.78, 5) is 1.76. The van der Waals surface area contributed by atoms with Crippen molar-refractivity contribution in [1.29, 1.82) is 0 Å². The number of aliphatic hydroxyl groups is 1. The SMILES string of the molecule is [O-][S+]1CN(CCO)C[S+]([O-])C1. The lowest BCUT2D eigenvalue weighted by Crippen LogP contribution is -2.44. The van der Waals surface area contributed by atoms with Crippen molar-refractivity contribution in [3.63, 3.8) is 0 Å². The average molecular weight is 197 g/mol. The summed E-state index contributed by atoms with van der Waals surface area (Å²) in [5, 5.41) is 8.85. The summed E-state index contributed by atoms with van der Waals surface area (Å²) in [6.07, 6.45) is 0. The van der Waals surface area contributed by atoms with Gasteiger partial charge in [0.2, 0.25) is 0 Å². The first kappa shape index (κ1) is 9.63. The van der Waals surface area contributed by atoms with E-state index in [0.717, 1.165) is 0 Å². The first-order chi connectivity index (χ1) is 5.22. The monoisotopic (exact) mass is 197 g/mol. The molecule has 1 rings (SSSR count). The molecule has 0 aromatic heterocycles. The molecule has 2 atom stereocenters. The highest BCUT2D eigenvalue weighted by molar-refractivity contribution is 8.08. The summed E-state index contributed by atoms with van der Waals surface area (Å²) in [5.74, 6) is 0.901. The number of rotatable bonds is 2. The number of β-amino-alcohol motifs (C(OH)–C–C–N with tert-alkyl or cyclic N) is 1. The molecule has 0 bridgehead atoms. The van der Waals surface area contributed by atoms with Gasteiger partial charge in [0.15, 0.2) is 11.8 Å². The molecular formula is C5H11NO3S2. The van der Waals surface area contributed by atoms with Crippen molar-refractivity contribution < 1.29 is 14.2 Å². The standard InChI is InChI=1S/C5H11NO3S2/c7-2-1-6-3-10(8)5-11(9)4-6/h7H,1-5H2. The van der Waals surface area contributed by atoms with E-state index in [1.54, 1.807) is 4.90 Å². The van der Waals surface area contributed by atoms with Gasteiger partial charge in [-0.3, -0.25) is 0 Å². The minimum absolute atomic E-state index is 0.0361. The van der Waals surface area contributed by atoms with Gasteiger partial charge in [-0.1, -0.05) is 0 Å². The van der Waals surface area contributed by atoms with Crippen LogP contribution in [0.4, 0.5) is 0 Å². The lowest BCUT2D eigenvalue weighted by molar-refractivity contribution is 0.229. The molecule has 4 nitrogen and oxygen atoms in total. The molecule has 1 fully saturated rings. The fourth-order valence-electron chi connectivity index (χ4n) is 0.936. The average Bonchev–Trinajstić information content (AvgIpc) is 1.85. The van der Waals surface area contributed by atoms with E-state index in [4.69, 9.17) is 5.11 Å². The Hall–Kier alpha value is 0.540. The zero-order chi connectivity index (χ0) is 8.27. The third kappa shape index (κ3) is 3.18. The van der Waals surface area contributed by atoms with Crippen LogP contribution in [0.25, 0.3) is 0 Å². The highest BCUT2D eigenvalue weighted by Gasteiger charge is 2.29. The quantitative estimate of drug-likeness (QED) is 0.557. The molecule has 1 N–H and O–H groups in total. The summed E-state index contributed by atoms with van der Waals surface area (Å²) in [7, 11) is 0. The third-order valence-electron chi connectivity index (χ3n) is 1.33. The van der Waals surface area contributed by atoms with Crippen LogP contribution < -0.4 is 0 Å². The molecule has 0 spiro atoms. The maximum Gasteiger partial charge on any atom is 0.255 e. The molecule has 1 heterocycles. The summed E-state index contributed by atoms with van der Waals surface area (Å²) < 4.78 is 21.9. The largest absolute Gasteiger partial charge is 0.612 e. The van der Waals surface area contributed by atoms with E-state index < -0.39 is 22.4 Å². The molecule has 1 aliphatic heterocycles. The molecule has 2 unspecified atom stereocenters. The van der Waals surface area contributed by atoms with Gasteiger partial charge in [0, 0.05) is 28.9 Å². The summed E-state index contributed by atoms with van der Waals surface area (Å²) in [5.41, 5.74) is 0. The van der Waals surface area contributed by atoms with E-state index in [-0.39, 0.29) is 6.61 Å². The van der Waals surface area contributed by atoms with Crippen LogP contribution in [-0.2, 0) is 22.4 Å². The highest BCUT2D eigenvalue weighted by atomic mass is 32.3. The van der Waals surface area contributed by atoms with Crippen molar-refractivity contribution in [2.24, 2.45) is 0 Å². The van der Waals surface area contributed by atoms with Crippen molar-refractivity contribution in [2.45, 2.75) is 0 Å². The topological polar surface area (TPSA) is 69.6 Å². The molecule has 6 heteroatoms. The van der Waals surface area contributed by atoms with Crippen molar-refractivity contribution in [3.05, 3.63) is 0 Å². The Morgan fingerprint density at radius 1 is 1.27 bits per heavy atom. The van der Waals surface area contributed by atoms with Crippen molar-refractivity contribution in [2.75, 3.05) is 30.0 Å². The highest BCUT2D eigenvalue weighted by Crippen LogP contribution is 2.10. The smallest absolute Gasteiger partial charge is 0.255 e. The van der Waals surface area contributed by atoms with Crippen LogP contribution >= 0.6 is 0 Å². The van der Waals surface area contributed by atoms with Crippen LogP contribution in [0.3, 0.4) is 0 Å². The fraction of sp³-hybridized carbons (Fsp3) is 1.00. The summed E-state index contributed by atoms with van der Waals surface area (Å²) in [6, 6.07) is 0.